The molecule has 0 radical (unpaired) electrons. The van der Waals surface area contributed by atoms with Crippen molar-refractivity contribution in [3.63, 3.8) is 0 Å². The topological polar surface area (TPSA) is 25.2 Å². The smallest absolute Gasteiger partial charge is 0.0812 e. The van der Waals surface area contributed by atoms with E-state index in [9.17, 15) is 0 Å². The Morgan fingerprint density at radius 3 is 2.32 bits per heavy atom. The van der Waals surface area contributed by atoms with Crippen molar-refractivity contribution in [2.75, 3.05) is 0 Å². The number of aromatic nitrogens is 1. The Balaban J connectivity index is 1.65. The lowest BCUT2D eigenvalue weighted by Gasteiger charge is -2.09. The summed E-state index contributed by atoms with van der Waals surface area (Å²) in [4.78, 5) is 9.04. The lowest BCUT2D eigenvalue weighted by atomic mass is 9.96. The summed E-state index contributed by atoms with van der Waals surface area (Å²) in [6, 6.07) is 33.6. The zero-order valence-electron chi connectivity index (χ0n) is 15.3. The number of fused-ring (bicyclic) bond motifs is 2. The van der Waals surface area contributed by atoms with Gasteiger partial charge in [-0.05, 0) is 51.6 Å². The molecule has 0 aliphatic carbocycles. The number of pyridine rings is 1. The zero-order chi connectivity index (χ0) is 18.8. The van der Waals surface area contributed by atoms with Gasteiger partial charge in [0, 0.05) is 11.6 Å². The number of rotatable bonds is 3. The van der Waals surface area contributed by atoms with Crippen molar-refractivity contribution in [3.8, 4) is 11.1 Å². The molecular formula is C26H18N2. The normalized spacial score (nSPS) is 11.4. The van der Waals surface area contributed by atoms with Crippen LogP contribution >= 0.6 is 0 Å². The van der Waals surface area contributed by atoms with Crippen molar-refractivity contribution < 1.29 is 0 Å². The third-order valence-corrected chi connectivity index (χ3v) is 4.98. The van der Waals surface area contributed by atoms with Gasteiger partial charge in [0.1, 0.15) is 0 Å². The van der Waals surface area contributed by atoms with E-state index in [4.69, 9.17) is 4.99 Å². The molecule has 1 aromatic heterocycles. The molecular weight excluding hydrogens is 340 g/mol. The third kappa shape index (κ3) is 3.06. The first kappa shape index (κ1) is 16.4. The zero-order valence-corrected chi connectivity index (χ0v) is 15.3. The summed E-state index contributed by atoms with van der Waals surface area (Å²) in [5, 5.41) is 4.83. The fourth-order valence-corrected chi connectivity index (χ4v) is 3.60. The molecule has 0 unspecified atom stereocenters. The second-order valence-electron chi connectivity index (χ2n) is 6.75. The molecule has 0 fully saturated rings. The quantitative estimate of drug-likeness (QED) is 0.325. The Bertz CT molecular complexity index is 1300. The number of hydrogen-bond acceptors (Lipinski definition) is 2. The van der Waals surface area contributed by atoms with Gasteiger partial charge in [-0.25, -0.2) is 0 Å². The minimum absolute atomic E-state index is 0.852. The highest BCUT2D eigenvalue weighted by molar-refractivity contribution is 6.02. The van der Waals surface area contributed by atoms with Crippen LogP contribution in [0.2, 0.25) is 0 Å². The van der Waals surface area contributed by atoms with Gasteiger partial charge in [-0.3, -0.25) is 9.98 Å². The summed E-state index contributed by atoms with van der Waals surface area (Å²) >= 11 is 0. The van der Waals surface area contributed by atoms with Gasteiger partial charge in [0.05, 0.1) is 17.6 Å². The molecule has 1 heterocycles. The second kappa shape index (κ2) is 7.09. The summed E-state index contributed by atoms with van der Waals surface area (Å²) in [7, 11) is 0. The van der Waals surface area contributed by atoms with Crippen LogP contribution in [0, 0.1) is 0 Å². The van der Waals surface area contributed by atoms with Crippen LogP contribution in [0.4, 0.5) is 5.69 Å². The first-order valence-electron chi connectivity index (χ1n) is 9.34. The fourth-order valence-electron chi connectivity index (χ4n) is 3.60. The van der Waals surface area contributed by atoms with Crippen molar-refractivity contribution >= 4 is 33.4 Å². The molecule has 4 aromatic carbocycles. The molecule has 0 aliphatic heterocycles. The molecule has 5 rings (SSSR count). The van der Waals surface area contributed by atoms with Gasteiger partial charge in [0.15, 0.2) is 0 Å². The molecule has 5 aromatic rings. The van der Waals surface area contributed by atoms with Crippen LogP contribution in [0.3, 0.4) is 0 Å². The highest BCUT2D eigenvalue weighted by Gasteiger charge is 2.06. The van der Waals surface area contributed by atoms with Crippen molar-refractivity contribution in [1.82, 2.24) is 4.98 Å². The van der Waals surface area contributed by atoms with Gasteiger partial charge < -0.3 is 0 Å². The number of hydrogen-bond donors (Lipinski definition) is 0. The monoisotopic (exact) mass is 358 g/mol. The van der Waals surface area contributed by atoms with E-state index in [0.717, 1.165) is 16.8 Å². The highest BCUT2D eigenvalue weighted by atomic mass is 14.8. The number of nitrogens with zero attached hydrogens (tertiary/aromatic N) is 2. The van der Waals surface area contributed by atoms with Crippen molar-refractivity contribution in [2.45, 2.75) is 0 Å². The van der Waals surface area contributed by atoms with Gasteiger partial charge in [0.25, 0.3) is 0 Å². The fraction of sp³-hybridized carbons (Fsp3) is 0. The maximum Gasteiger partial charge on any atom is 0.0812 e. The molecule has 132 valence electrons. The first-order chi connectivity index (χ1) is 13.9. The molecule has 0 saturated heterocycles. The summed E-state index contributed by atoms with van der Waals surface area (Å²) in [6.07, 6.45) is 3.60. The van der Waals surface area contributed by atoms with Crippen LogP contribution in [0.5, 0.6) is 0 Å². The standard InChI is InChI=1S/C26H18N2/c1-2-11-23-19(7-1)8-5-12-24(23)21-15-14-20-9-6-13-26(25(20)17-21)28-18-22-10-3-4-16-27-22/h1-18H. The molecule has 2 nitrogen and oxygen atoms in total. The maximum atomic E-state index is 4.71. The molecule has 0 N–H and O–H groups in total. The van der Waals surface area contributed by atoms with E-state index < -0.39 is 0 Å². The molecule has 0 aliphatic rings. The summed E-state index contributed by atoms with van der Waals surface area (Å²) < 4.78 is 0. The van der Waals surface area contributed by atoms with Crippen molar-refractivity contribution in [3.05, 3.63) is 109 Å². The van der Waals surface area contributed by atoms with Crippen LogP contribution in [-0.4, -0.2) is 11.2 Å². The maximum absolute atomic E-state index is 4.71. The first-order valence-corrected chi connectivity index (χ1v) is 9.34. The molecule has 0 amide bonds. The molecule has 28 heavy (non-hydrogen) atoms. The van der Waals surface area contributed by atoms with E-state index >= 15 is 0 Å². The van der Waals surface area contributed by atoms with E-state index in [1.54, 1.807) is 6.20 Å². The molecule has 0 atom stereocenters. The lowest BCUT2D eigenvalue weighted by Crippen LogP contribution is -1.85. The molecule has 0 saturated carbocycles. The highest BCUT2D eigenvalue weighted by Crippen LogP contribution is 2.33. The predicted octanol–water partition coefficient (Wildman–Crippen LogP) is 6.81. The van der Waals surface area contributed by atoms with Gasteiger partial charge >= 0.3 is 0 Å². The molecule has 0 spiro atoms. The summed E-state index contributed by atoms with van der Waals surface area (Å²) in [5.74, 6) is 0. The predicted molar refractivity (Wildman–Crippen MR) is 118 cm³/mol. The number of aliphatic imine (C=N–C) groups is 1. The number of benzene rings is 4. The van der Waals surface area contributed by atoms with Crippen LogP contribution in [0.15, 0.2) is 108 Å². The average molecular weight is 358 g/mol. The average Bonchev–Trinajstić information content (AvgIpc) is 2.77. The second-order valence-corrected chi connectivity index (χ2v) is 6.75. The van der Waals surface area contributed by atoms with Gasteiger partial charge in [-0.1, -0.05) is 72.8 Å². The minimum atomic E-state index is 0.852. The van der Waals surface area contributed by atoms with E-state index in [1.165, 1.54) is 27.3 Å². The van der Waals surface area contributed by atoms with Crippen LogP contribution in [0.25, 0.3) is 32.7 Å². The minimum Gasteiger partial charge on any atom is -0.255 e. The van der Waals surface area contributed by atoms with Crippen molar-refractivity contribution in [1.29, 1.82) is 0 Å². The van der Waals surface area contributed by atoms with Gasteiger partial charge in [0.2, 0.25) is 0 Å². The van der Waals surface area contributed by atoms with E-state index in [1.807, 2.05) is 30.5 Å². The Labute approximate surface area is 163 Å². The largest absolute Gasteiger partial charge is 0.255 e. The van der Waals surface area contributed by atoms with Crippen LogP contribution in [0.1, 0.15) is 5.69 Å². The third-order valence-electron chi connectivity index (χ3n) is 4.98. The molecule has 0 bridgehead atoms. The van der Waals surface area contributed by atoms with Crippen molar-refractivity contribution in [2.24, 2.45) is 4.99 Å². The lowest BCUT2D eigenvalue weighted by molar-refractivity contribution is 1.30. The summed E-state index contributed by atoms with van der Waals surface area (Å²) in [5.41, 5.74) is 4.24. The Morgan fingerprint density at radius 1 is 0.643 bits per heavy atom. The molecule has 2 heteroatoms. The Kier molecular flexibility index (Phi) is 4.15. The van der Waals surface area contributed by atoms with E-state index in [-0.39, 0.29) is 0 Å². The SMILES string of the molecule is C(=Nc1cccc2ccc(-c3cccc4ccccc34)cc12)c1ccccn1. The Hall–Kier alpha value is -3.78. The van der Waals surface area contributed by atoms with Crippen LogP contribution in [-0.2, 0) is 0 Å². The Morgan fingerprint density at radius 2 is 1.43 bits per heavy atom. The van der Waals surface area contributed by atoms with Gasteiger partial charge in [-0.15, -0.1) is 0 Å². The van der Waals surface area contributed by atoms with Crippen LogP contribution < -0.4 is 0 Å². The van der Waals surface area contributed by atoms with Gasteiger partial charge in [-0.2, -0.15) is 0 Å². The van der Waals surface area contributed by atoms with E-state index in [0.29, 0.717) is 0 Å². The summed E-state index contributed by atoms with van der Waals surface area (Å²) in [6.45, 7) is 0. The van der Waals surface area contributed by atoms with E-state index in [2.05, 4.69) is 77.8 Å².